The largest absolute Gasteiger partial charge is 0.118 e. The molecule has 1 aliphatic carbocycles. The molecule has 1 fully saturated rings. The van der Waals surface area contributed by atoms with E-state index < -0.39 is 0 Å². The standard InChI is InChI=1S/C16H17Cl/c1-11-6-9-15(16(17)10-12-7-8-12)14-5-3-2-4-13(11)14/h2-6,9,12,16H,7-8,10H2,1H3. The van der Waals surface area contributed by atoms with Crippen LogP contribution >= 0.6 is 11.6 Å². The molecule has 17 heavy (non-hydrogen) atoms. The fourth-order valence-corrected chi connectivity index (χ4v) is 2.96. The molecule has 88 valence electrons. The quantitative estimate of drug-likeness (QED) is 0.649. The normalized spacial score (nSPS) is 17.3. The van der Waals surface area contributed by atoms with E-state index in [1.165, 1.54) is 34.7 Å². The maximum atomic E-state index is 6.57. The topological polar surface area (TPSA) is 0 Å². The first-order chi connectivity index (χ1) is 8.25. The van der Waals surface area contributed by atoms with Crippen molar-refractivity contribution in [3.8, 4) is 0 Å². The van der Waals surface area contributed by atoms with Crippen molar-refractivity contribution >= 4 is 22.4 Å². The summed E-state index contributed by atoms with van der Waals surface area (Å²) < 4.78 is 0. The Bertz CT molecular complexity index is 540. The van der Waals surface area contributed by atoms with E-state index in [0.29, 0.717) is 0 Å². The van der Waals surface area contributed by atoms with Crippen molar-refractivity contribution in [2.75, 3.05) is 0 Å². The molecule has 3 rings (SSSR count). The molecule has 0 aliphatic heterocycles. The summed E-state index contributed by atoms with van der Waals surface area (Å²) >= 11 is 6.57. The van der Waals surface area contributed by atoms with E-state index in [-0.39, 0.29) is 5.38 Å². The number of rotatable bonds is 3. The zero-order valence-electron chi connectivity index (χ0n) is 10.1. The molecule has 0 spiro atoms. The molecule has 0 N–H and O–H groups in total. The van der Waals surface area contributed by atoms with Crippen molar-refractivity contribution in [2.45, 2.75) is 31.6 Å². The number of halogens is 1. The zero-order valence-corrected chi connectivity index (χ0v) is 10.9. The smallest absolute Gasteiger partial charge is 0.0594 e. The second kappa shape index (κ2) is 4.34. The van der Waals surface area contributed by atoms with E-state index in [2.05, 4.69) is 43.3 Å². The van der Waals surface area contributed by atoms with Crippen LogP contribution in [0, 0.1) is 12.8 Å². The Morgan fingerprint density at radius 3 is 2.53 bits per heavy atom. The first kappa shape index (κ1) is 11.1. The van der Waals surface area contributed by atoms with Crippen molar-refractivity contribution < 1.29 is 0 Å². The lowest BCUT2D eigenvalue weighted by Crippen LogP contribution is -1.94. The lowest BCUT2D eigenvalue weighted by Gasteiger charge is -2.14. The third-order valence-corrected chi connectivity index (χ3v) is 4.16. The third-order valence-electron chi connectivity index (χ3n) is 3.75. The molecule has 2 aromatic carbocycles. The van der Waals surface area contributed by atoms with Gasteiger partial charge in [0.1, 0.15) is 0 Å². The van der Waals surface area contributed by atoms with Crippen molar-refractivity contribution in [3.63, 3.8) is 0 Å². The van der Waals surface area contributed by atoms with E-state index in [4.69, 9.17) is 11.6 Å². The summed E-state index contributed by atoms with van der Waals surface area (Å²) in [7, 11) is 0. The van der Waals surface area contributed by atoms with Gasteiger partial charge in [-0.25, -0.2) is 0 Å². The molecule has 0 radical (unpaired) electrons. The van der Waals surface area contributed by atoms with E-state index in [1.807, 2.05) is 0 Å². The highest BCUT2D eigenvalue weighted by Crippen LogP contribution is 2.42. The molecular formula is C16H17Cl. The van der Waals surface area contributed by atoms with Crippen molar-refractivity contribution in [2.24, 2.45) is 5.92 Å². The molecule has 1 saturated carbocycles. The Balaban J connectivity index is 2.05. The molecule has 1 atom stereocenters. The van der Waals surface area contributed by atoms with E-state index in [0.717, 1.165) is 12.3 Å². The van der Waals surface area contributed by atoms with Gasteiger partial charge in [-0.15, -0.1) is 11.6 Å². The monoisotopic (exact) mass is 244 g/mol. The predicted molar refractivity (Wildman–Crippen MR) is 74.6 cm³/mol. The molecule has 0 nitrogen and oxygen atoms in total. The van der Waals surface area contributed by atoms with Gasteiger partial charge in [-0.3, -0.25) is 0 Å². The van der Waals surface area contributed by atoms with Crippen molar-refractivity contribution in [1.82, 2.24) is 0 Å². The molecule has 0 amide bonds. The maximum absolute atomic E-state index is 6.57. The van der Waals surface area contributed by atoms with Crippen LogP contribution < -0.4 is 0 Å². The van der Waals surface area contributed by atoms with E-state index >= 15 is 0 Å². The summed E-state index contributed by atoms with van der Waals surface area (Å²) in [5, 5.41) is 2.84. The molecular weight excluding hydrogens is 228 g/mol. The first-order valence-corrected chi connectivity index (χ1v) is 6.81. The van der Waals surface area contributed by atoms with Crippen LogP contribution in [0.1, 0.15) is 35.8 Å². The molecule has 0 bridgehead atoms. The SMILES string of the molecule is Cc1ccc(C(Cl)CC2CC2)c2ccccc12. The lowest BCUT2D eigenvalue weighted by atomic mass is 9.96. The highest BCUT2D eigenvalue weighted by molar-refractivity contribution is 6.21. The predicted octanol–water partition coefficient (Wildman–Crippen LogP) is 5.23. The Labute approximate surface area is 108 Å². The fourth-order valence-electron chi connectivity index (χ4n) is 2.52. The molecule has 2 aromatic rings. The van der Waals surface area contributed by atoms with Gasteiger partial charge in [0.2, 0.25) is 0 Å². The van der Waals surface area contributed by atoms with Crippen LogP contribution in [0.2, 0.25) is 0 Å². The second-order valence-electron chi connectivity index (χ2n) is 5.16. The maximum Gasteiger partial charge on any atom is 0.0594 e. The number of benzene rings is 2. The number of alkyl halides is 1. The van der Waals surface area contributed by atoms with Crippen LogP contribution in [-0.2, 0) is 0 Å². The van der Waals surface area contributed by atoms with Gasteiger partial charge < -0.3 is 0 Å². The van der Waals surface area contributed by atoms with Crippen LogP contribution in [0.15, 0.2) is 36.4 Å². The zero-order chi connectivity index (χ0) is 11.8. The minimum atomic E-state index is 0.174. The molecule has 1 unspecified atom stereocenters. The minimum absolute atomic E-state index is 0.174. The molecule has 0 aromatic heterocycles. The summed E-state index contributed by atoms with van der Waals surface area (Å²) in [6, 6.07) is 13.0. The second-order valence-corrected chi connectivity index (χ2v) is 5.69. The van der Waals surface area contributed by atoms with Crippen LogP contribution in [0.3, 0.4) is 0 Å². The number of aryl methyl sites for hydroxylation is 1. The van der Waals surface area contributed by atoms with Crippen LogP contribution in [0.5, 0.6) is 0 Å². The Morgan fingerprint density at radius 2 is 1.82 bits per heavy atom. The van der Waals surface area contributed by atoms with Crippen LogP contribution in [0.4, 0.5) is 0 Å². The number of hydrogen-bond acceptors (Lipinski definition) is 0. The third kappa shape index (κ3) is 2.19. The highest BCUT2D eigenvalue weighted by atomic mass is 35.5. The van der Waals surface area contributed by atoms with Gasteiger partial charge in [0.25, 0.3) is 0 Å². The molecule has 0 heterocycles. The van der Waals surface area contributed by atoms with Crippen molar-refractivity contribution in [3.05, 3.63) is 47.5 Å². The van der Waals surface area contributed by atoms with E-state index in [9.17, 15) is 0 Å². The van der Waals surface area contributed by atoms with Gasteiger partial charge in [0.15, 0.2) is 0 Å². The lowest BCUT2D eigenvalue weighted by molar-refractivity contribution is 0.709. The van der Waals surface area contributed by atoms with Gasteiger partial charge in [-0.2, -0.15) is 0 Å². The summed E-state index contributed by atoms with van der Waals surface area (Å²) in [5.41, 5.74) is 2.64. The van der Waals surface area contributed by atoms with Crippen LogP contribution in [0.25, 0.3) is 10.8 Å². The Kier molecular flexibility index (Phi) is 2.84. The summed E-state index contributed by atoms with van der Waals surface area (Å²) in [5.74, 6) is 0.873. The van der Waals surface area contributed by atoms with Crippen molar-refractivity contribution in [1.29, 1.82) is 0 Å². The fraction of sp³-hybridized carbons (Fsp3) is 0.375. The molecule has 1 heteroatoms. The van der Waals surface area contributed by atoms with E-state index in [1.54, 1.807) is 0 Å². The highest BCUT2D eigenvalue weighted by Gasteiger charge is 2.25. The van der Waals surface area contributed by atoms with Gasteiger partial charge >= 0.3 is 0 Å². The van der Waals surface area contributed by atoms with Gasteiger partial charge in [-0.1, -0.05) is 49.2 Å². The summed E-state index contributed by atoms with van der Waals surface area (Å²) in [6.45, 7) is 2.16. The molecule has 1 aliphatic rings. The Morgan fingerprint density at radius 1 is 1.12 bits per heavy atom. The van der Waals surface area contributed by atoms with Gasteiger partial charge in [0.05, 0.1) is 5.38 Å². The van der Waals surface area contributed by atoms with Crippen LogP contribution in [-0.4, -0.2) is 0 Å². The van der Waals surface area contributed by atoms with Gasteiger partial charge in [0, 0.05) is 0 Å². The minimum Gasteiger partial charge on any atom is -0.118 e. The number of hydrogen-bond donors (Lipinski definition) is 0. The Hall–Kier alpha value is -1.01. The summed E-state index contributed by atoms with van der Waals surface area (Å²) in [6.07, 6.45) is 3.87. The average Bonchev–Trinajstić information content (AvgIpc) is 3.14. The average molecular weight is 245 g/mol. The summed E-state index contributed by atoms with van der Waals surface area (Å²) in [4.78, 5) is 0. The van der Waals surface area contributed by atoms with Gasteiger partial charge in [-0.05, 0) is 41.2 Å². The first-order valence-electron chi connectivity index (χ1n) is 6.38. The molecule has 0 saturated heterocycles. The number of fused-ring (bicyclic) bond motifs is 1.